The third-order valence-electron chi connectivity index (χ3n) is 2.09. The van der Waals surface area contributed by atoms with Crippen molar-refractivity contribution in [1.82, 2.24) is 10.1 Å². The molecule has 0 aliphatic carbocycles. The third kappa shape index (κ3) is 3.05. The molecule has 1 aromatic carbocycles. The van der Waals surface area contributed by atoms with Crippen LogP contribution in [0, 0.1) is 0 Å². The fraction of sp³-hybridized carbons (Fsp3) is 0.273. The normalized spacial score (nSPS) is 11.9. The number of aromatic nitrogens is 2. The van der Waals surface area contributed by atoms with Crippen molar-refractivity contribution in [3.63, 3.8) is 0 Å². The summed E-state index contributed by atoms with van der Waals surface area (Å²) in [6.45, 7) is 1.83. The van der Waals surface area contributed by atoms with Crippen molar-refractivity contribution in [3.8, 4) is 0 Å². The molecular formula is C11H14ClN3O. The van der Waals surface area contributed by atoms with Crippen molar-refractivity contribution in [2.75, 3.05) is 0 Å². The van der Waals surface area contributed by atoms with Crippen LogP contribution in [0.2, 0.25) is 0 Å². The van der Waals surface area contributed by atoms with Crippen LogP contribution in [0.4, 0.5) is 0 Å². The maximum Gasteiger partial charge on any atom is 0.231 e. The minimum atomic E-state index is -0.182. The van der Waals surface area contributed by atoms with Crippen molar-refractivity contribution in [3.05, 3.63) is 47.6 Å². The van der Waals surface area contributed by atoms with Crippen molar-refractivity contribution < 1.29 is 4.52 Å². The number of halogens is 1. The van der Waals surface area contributed by atoms with Gasteiger partial charge in [0.2, 0.25) is 5.89 Å². The molecule has 16 heavy (non-hydrogen) atoms. The van der Waals surface area contributed by atoms with Gasteiger partial charge in [0.25, 0.3) is 0 Å². The molecule has 1 unspecified atom stereocenters. The van der Waals surface area contributed by atoms with Gasteiger partial charge in [-0.25, -0.2) is 0 Å². The van der Waals surface area contributed by atoms with E-state index < -0.39 is 0 Å². The molecule has 1 heterocycles. The molecule has 0 saturated carbocycles. The van der Waals surface area contributed by atoms with Gasteiger partial charge in [0.05, 0.1) is 12.5 Å². The Morgan fingerprint density at radius 1 is 1.31 bits per heavy atom. The Bertz CT molecular complexity index is 428. The number of hydrogen-bond acceptors (Lipinski definition) is 4. The van der Waals surface area contributed by atoms with Gasteiger partial charge in [0.1, 0.15) is 0 Å². The Balaban J connectivity index is 0.00000128. The van der Waals surface area contributed by atoms with Gasteiger partial charge in [-0.3, -0.25) is 0 Å². The van der Waals surface area contributed by atoms with E-state index in [-0.39, 0.29) is 18.4 Å². The van der Waals surface area contributed by atoms with Gasteiger partial charge in [0, 0.05) is 0 Å². The molecule has 2 aromatic rings. The molecule has 0 bridgehead atoms. The minimum absolute atomic E-state index is 0. The summed E-state index contributed by atoms with van der Waals surface area (Å²) in [7, 11) is 0. The summed E-state index contributed by atoms with van der Waals surface area (Å²) >= 11 is 0. The molecule has 1 atom stereocenters. The monoisotopic (exact) mass is 239 g/mol. The third-order valence-corrected chi connectivity index (χ3v) is 2.09. The quantitative estimate of drug-likeness (QED) is 0.891. The first-order valence-electron chi connectivity index (χ1n) is 4.87. The van der Waals surface area contributed by atoms with Gasteiger partial charge < -0.3 is 10.3 Å². The highest BCUT2D eigenvalue weighted by Crippen LogP contribution is 2.09. The molecule has 0 saturated heterocycles. The van der Waals surface area contributed by atoms with Crippen LogP contribution in [0.5, 0.6) is 0 Å². The molecule has 1 aromatic heterocycles. The molecule has 0 radical (unpaired) electrons. The zero-order chi connectivity index (χ0) is 10.7. The van der Waals surface area contributed by atoms with E-state index in [9.17, 15) is 0 Å². The summed E-state index contributed by atoms with van der Waals surface area (Å²) in [5, 5.41) is 3.80. The maximum absolute atomic E-state index is 5.64. The average Bonchev–Trinajstić information content (AvgIpc) is 2.68. The molecule has 86 valence electrons. The van der Waals surface area contributed by atoms with Gasteiger partial charge in [-0.1, -0.05) is 35.5 Å². The van der Waals surface area contributed by atoms with Crippen molar-refractivity contribution >= 4 is 12.4 Å². The fourth-order valence-corrected chi connectivity index (χ4v) is 1.30. The minimum Gasteiger partial charge on any atom is -0.339 e. The molecular weight excluding hydrogens is 226 g/mol. The zero-order valence-corrected chi connectivity index (χ0v) is 9.78. The molecule has 2 N–H and O–H groups in total. The van der Waals surface area contributed by atoms with Gasteiger partial charge in [-0.2, -0.15) is 4.98 Å². The second-order valence-electron chi connectivity index (χ2n) is 3.50. The van der Waals surface area contributed by atoms with Gasteiger partial charge in [-0.15, -0.1) is 12.4 Å². The van der Waals surface area contributed by atoms with Gasteiger partial charge in [-0.05, 0) is 12.5 Å². The Morgan fingerprint density at radius 2 is 2.00 bits per heavy atom. The largest absolute Gasteiger partial charge is 0.339 e. The lowest BCUT2D eigenvalue weighted by atomic mass is 10.1. The standard InChI is InChI=1S/C11H13N3O.ClH/c1-8(12)11-13-10(15-14-11)7-9-5-3-2-4-6-9;/h2-6,8H,7,12H2,1H3;1H. The smallest absolute Gasteiger partial charge is 0.231 e. The number of nitrogens with two attached hydrogens (primary N) is 1. The fourth-order valence-electron chi connectivity index (χ4n) is 1.30. The lowest BCUT2D eigenvalue weighted by Crippen LogP contribution is -2.06. The van der Waals surface area contributed by atoms with Crippen LogP contribution in [-0.2, 0) is 6.42 Å². The SMILES string of the molecule is CC(N)c1noc(Cc2ccccc2)n1.Cl. The lowest BCUT2D eigenvalue weighted by molar-refractivity contribution is 0.377. The summed E-state index contributed by atoms with van der Waals surface area (Å²) in [4.78, 5) is 4.20. The molecule has 0 fully saturated rings. The summed E-state index contributed by atoms with van der Waals surface area (Å²) < 4.78 is 5.09. The zero-order valence-electron chi connectivity index (χ0n) is 8.96. The highest BCUT2D eigenvalue weighted by molar-refractivity contribution is 5.85. The molecule has 4 nitrogen and oxygen atoms in total. The van der Waals surface area contributed by atoms with Crippen LogP contribution in [-0.4, -0.2) is 10.1 Å². The highest BCUT2D eigenvalue weighted by atomic mass is 35.5. The Hall–Kier alpha value is -1.39. The average molecular weight is 240 g/mol. The van der Waals surface area contributed by atoms with Crippen LogP contribution >= 0.6 is 12.4 Å². The van der Waals surface area contributed by atoms with E-state index in [4.69, 9.17) is 10.3 Å². The Morgan fingerprint density at radius 3 is 2.56 bits per heavy atom. The number of rotatable bonds is 3. The van der Waals surface area contributed by atoms with Crippen molar-refractivity contribution in [1.29, 1.82) is 0 Å². The molecule has 5 heteroatoms. The van der Waals surface area contributed by atoms with E-state index in [0.717, 1.165) is 5.56 Å². The first kappa shape index (κ1) is 12.7. The molecule has 0 aliphatic heterocycles. The molecule has 0 spiro atoms. The summed E-state index contributed by atoms with van der Waals surface area (Å²) in [6.07, 6.45) is 0.653. The van der Waals surface area contributed by atoms with E-state index >= 15 is 0 Å². The van der Waals surface area contributed by atoms with Gasteiger partial charge >= 0.3 is 0 Å². The van der Waals surface area contributed by atoms with Crippen LogP contribution in [0.3, 0.4) is 0 Å². The topological polar surface area (TPSA) is 64.9 Å². The van der Waals surface area contributed by atoms with E-state index in [2.05, 4.69) is 10.1 Å². The maximum atomic E-state index is 5.64. The van der Waals surface area contributed by atoms with E-state index in [1.165, 1.54) is 0 Å². The van der Waals surface area contributed by atoms with Crippen LogP contribution in [0.25, 0.3) is 0 Å². The number of benzene rings is 1. The molecule has 2 rings (SSSR count). The van der Waals surface area contributed by atoms with Crippen molar-refractivity contribution in [2.45, 2.75) is 19.4 Å². The molecule has 0 amide bonds. The second kappa shape index (κ2) is 5.63. The summed E-state index contributed by atoms with van der Waals surface area (Å²) in [6, 6.07) is 9.81. The Labute approximate surface area is 100 Å². The van der Waals surface area contributed by atoms with Gasteiger partial charge in [0.15, 0.2) is 5.82 Å². The molecule has 0 aliphatic rings. The van der Waals surface area contributed by atoms with Crippen LogP contribution in [0.15, 0.2) is 34.9 Å². The summed E-state index contributed by atoms with van der Waals surface area (Å²) in [5.74, 6) is 1.16. The number of hydrogen-bond donors (Lipinski definition) is 1. The highest BCUT2D eigenvalue weighted by Gasteiger charge is 2.09. The van der Waals surface area contributed by atoms with E-state index in [1.54, 1.807) is 0 Å². The lowest BCUT2D eigenvalue weighted by Gasteiger charge is -1.95. The second-order valence-corrected chi connectivity index (χ2v) is 3.50. The predicted octanol–water partition coefficient (Wildman–Crippen LogP) is 2.10. The van der Waals surface area contributed by atoms with Crippen LogP contribution < -0.4 is 5.73 Å². The first-order valence-corrected chi connectivity index (χ1v) is 4.87. The summed E-state index contributed by atoms with van der Waals surface area (Å²) in [5.41, 5.74) is 6.79. The van der Waals surface area contributed by atoms with Crippen LogP contribution in [0.1, 0.15) is 30.2 Å². The van der Waals surface area contributed by atoms with E-state index in [1.807, 2.05) is 37.3 Å². The predicted molar refractivity (Wildman–Crippen MR) is 63.4 cm³/mol. The number of nitrogens with zero attached hydrogens (tertiary/aromatic N) is 2. The van der Waals surface area contributed by atoms with E-state index in [0.29, 0.717) is 18.1 Å². The Kier molecular flexibility index (Phi) is 4.46. The first-order chi connectivity index (χ1) is 7.25. The van der Waals surface area contributed by atoms with Crippen molar-refractivity contribution in [2.24, 2.45) is 5.73 Å².